The lowest BCUT2D eigenvalue weighted by molar-refractivity contribution is -0.208. The highest BCUT2D eigenvalue weighted by Crippen LogP contribution is 2.28. The molecule has 1 saturated heterocycles. The van der Waals surface area contributed by atoms with E-state index in [0.29, 0.717) is 26.2 Å². The molecule has 1 aliphatic heterocycles. The van der Waals surface area contributed by atoms with Gasteiger partial charge in [-0.15, -0.1) is 0 Å². The van der Waals surface area contributed by atoms with Gasteiger partial charge in [0.1, 0.15) is 5.75 Å². The molecule has 7 heteroatoms. The Bertz CT molecular complexity index is 460. The molecule has 0 radical (unpaired) electrons. The Morgan fingerprint density at radius 3 is 2.38 bits per heavy atom. The highest BCUT2D eigenvalue weighted by molar-refractivity contribution is 5.58. The van der Waals surface area contributed by atoms with E-state index in [1.807, 2.05) is 24.3 Å². The van der Waals surface area contributed by atoms with Gasteiger partial charge in [0.15, 0.2) is 6.10 Å². The number of aliphatic hydroxyl groups is 1. The van der Waals surface area contributed by atoms with Crippen LogP contribution in [0.15, 0.2) is 24.3 Å². The number of para-hydroxylation sites is 2. The zero-order valence-corrected chi connectivity index (χ0v) is 11.8. The number of ether oxygens (including phenoxy) is 1. The Morgan fingerprint density at radius 2 is 1.81 bits per heavy atom. The standard InChI is InChI=1S/C14H19F3N2O2/c1-21-12-5-3-2-4-11(12)19-8-6-18(7-9-19)10-13(20)14(15,16)17/h2-5,13,20H,6-10H2,1H3. The van der Waals surface area contributed by atoms with Crippen LogP contribution in [0.25, 0.3) is 0 Å². The first-order valence-corrected chi connectivity index (χ1v) is 6.77. The van der Waals surface area contributed by atoms with Gasteiger partial charge in [0.05, 0.1) is 12.8 Å². The van der Waals surface area contributed by atoms with Crippen molar-refractivity contribution in [3.63, 3.8) is 0 Å². The van der Waals surface area contributed by atoms with Crippen molar-refractivity contribution in [1.29, 1.82) is 0 Å². The summed E-state index contributed by atoms with van der Waals surface area (Å²) in [6.07, 6.45) is -6.84. The molecule has 2 rings (SSSR count). The van der Waals surface area contributed by atoms with Gasteiger partial charge in [0.2, 0.25) is 0 Å². The summed E-state index contributed by atoms with van der Waals surface area (Å²) < 4.78 is 42.3. The van der Waals surface area contributed by atoms with Crippen LogP contribution in [-0.2, 0) is 0 Å². The highest BCUT2D eigenvalue weighted by atomic mass is 19.4. The first kappa shape index (κ1) is 15.9. The molecule has 21 heavy (non-hydrogen) atoms. The average molecular weight is 304 g/mol. The number of benzene rings is 1. The summed E-state index contributed by atoms with van der Waals surface area (Å²) in [4.78, 5) is 3.71. The largest absolute Gasteiger partial charge is 0.495 e. The van der Waals surface area contributed by atoms with E-state index in [1.165, 1.54) is 0 Å². The third-order valence-electron chi connectivity index (χ3n) is 3.61. The summed E-state index contributed by atoms with van der Waals surface area (Å²) >= 11 is 0. The molecular formula is C14H19F3N2O2. The Morgan fingerprint density at radius 1 is 1.19 bits per heavy atom. The number of nitrogens with zero attached hydrogens (tertiary/aromatic N) is 2. The van der Waals surface area contributed by atoms with Crippen molar-refractivity contribution in [1.82, 2.24) is 4.90 Å². The molecule has 118 valence electrons. The minimum absolute atomic E-state index is 0.372. The topological polar surface area (TPSA) is 35.9 Å². The van der Waals surface area contributed by atoms with E-state index >= 15 is 0 Å². The number of hydrogen-bond donors (Lipinski definition) is 1. The Labute approximate surface area is 121 Å². The van der Waals surface area contributed by atoms with Crippen LogP contribution in [0.5, 0.6) is 5.75 Å². The van der Waals surface area contributed by atoms with E-state index in [-0.39, 0.29) is 6.54 Å². The second kappa shape index (κ2) is 6.53. The third kappa shape index (κ3) is 4.01. The summed E-state index contributed by atoms with van der Waals surface area (Å²) in [6, 6.07) is 7.56. The summed E-state index contributed by atoms with van der Waals surface area (Å²) in [5, 5.41) is 9.10. The maximum atomic E-state index is 12.3. The maximum absolute atomic E-state index is 12.3. The monoisotopic (exact) mass is 304 g/mol. The van der Waals surface area contributed by atoms with Crippen molar-refractivity contribution >= 4 is 5.69 Å². The molecule has 0 spiro atoms. The molecule has 1 atom stereocenters. The molecule has 1 aromatic carbocycles. The third-order valence-corrected chi connectivity index (χ3v) is 3.61. The summed E-state index contributed by atoms with van der Waals surface area (Å²) in [5.74, 6) is 0.751. The Balaban J connectivity index is 1.91. The second-order valence-electron chi connectivity index (χ2n) is 5.02. The number of alkyl halides is 3. The highest BCUT2D eigenvalue weighted by Gasteiger charge is 2.39. The van der Waals surface area contributed by atoms with Crippen molar-refractivity contribution < 1.29 is 23.0 Å². The zero-order chi connectivity index (χ0) is 15.5. The smallest absolute Gasteiger partial charge is 0.415 e. The maximum Gasteiger partial charge on any atom is 0.415 e. The summed E-state index contributed by atoms with van der Waals surface area (Å²) in [6.45, 7) is 1.79. The van der Waals surface area contributed by atoms with Crippen LogP contribution in [0, 0.1) is 0 Å². The predicted molar refractivity (Wildman–Crippen MR) is 73.7 cm³/mol. The lowest BCUT2D eigenvalue weighted by Gasteiger charge is -2.37. The van der Waals surface area contributed by atoms with E-state index in [1.54, 1.807) is 12.0 Å². The van der Waals surface area contributed by atoms with Gasteiger partial charge in [-0.1, -0.05) is 12.1 Å². The molecule has 0 aromatic heterocycles. The van der Waals surface area contributed by atoms with Crippen molar-refractivity contribution in [2.45, 2.75) is 12.3 Å². The number of anilines is 1. The van der Waals surface area contributed by atoms with Gasteiger partial charge < -0.3 is 14.7 Å². The number of halogens is 3. The van der Waals surface area contributed by atoms with Crippen LogP contribution >= 0.6 is 0 Å². The van der Waals surface area contributed by atoms with E-state index < -0.39 is 12.3 Å². The predicted octanol–water partition coefficient (Wildman–Crippen LogP) is 1.74. The van der Waals surface area contributed by atoms with Gasteiger partial charge >= 0.3 is 6.18 Å². The zero-order valence-electron chi connectivity index (χ0n) is 11.8. The number of aliphatic hydroxyl groups excluding tert-OH is 1. The van der Waals surface area contributed by atoms with E-state index in [4.69, 9.17) is 9.84 Å². The molecule has 1 unspecified atom stereocenters. The van der Waals surface area contributed by atoms with Gasteiger partial charge in [-0.3, -0.25) is 4.90 Å². The molecule has 0 aliphatic carbocycles. The van der Waals surface area contributed by atoms with Crippen molar-refractivity contribution in [3.05, 3.63) is 24.3 Å². The van der Waals surface area contributed by atoms with E-state index in [2.05, 4.69) is 4.90 Å². The minimum Gasteiger partial charge on any atom is -0.495 e. The van der Waals surface area contributed by atoms with Crippen molar-refractivity contribution in [2.24, 2.45) is 0 Å². The lowest BCUT2D eigenvalue weighted by atomic mass is 10.2. The molecule has 1 heterocycles. The Hall–Kier alpha value is -1.47. The molecule has 1 N–H and O–H groups in total. The number of hydrogen-bond acceptors (Lipinski definition) is 4. The summed E-state index contributed by atoms with van der Waals surface area (Å²) in [5.41, 5.74) is 0.941. The van der Waals surface area contributed by atoms with Gasteiger partial charge in [-0.25, -0.2) is 0 Å². The van der Waals surface area contributed by atoms with Crippen LogP contribution in [0.2, 0.25) is 0 Å². The first-order chi connectivity index (χ1) is 9.91. The Kier molecular flexibility index (Phi) is 4.95. The number of methoxy groups -OCH3 is 1. The van der Waals surface area contributed by atoms with E-state index in [0.717, 1.165) is 11.4 Å². The fourth-order valence-electron chi connectivity index (χ4n) is 2.41. The molecule has 1 fully saturated rings. The molecule has 4 nitrogen and oxygen atoms in total. The molecule has 0 amide bonds. The van der Waals surface area contributed by atoms with Gasteiger partial charge in [0.25, 0.3) is 0 Å². The molecule has 0 bridgehead atoms. The molecule has 1 aliphatic rings. The van der Waals surface area contributed by atoms with Crippen molar-refractivity contribution in [3.8, 4) is 5.75 Å². The summed E-state index contributed by atoms with van der Waals surface area (Å²) in [7, 11) is 1.59. The van der Waals surface area contributed by atoms with Crippen molar-refractivity contribution in [2.75, 3.05) is 44.7 Å². The lowest BCUT2D eigenvalue weighted by Crippen LogP contribution is -2.50. The van der Waals surface area contributed by atoms with Gasteiger partial charge in [-0.05, 0) is 12.1 Å². The van der Waals surface area contributed by atoms with Crippen LogP contribution in [0.3, 0.4) is 0 Å². The van der Waals surface area contributed by atoms with Crippen LogP contribution in [-0.4, -0.2) is 62.1 Å². The first-order valence-electron chi connectivity index (χ1n) is 6.77. The second-order valence-corrected chi connectivity index (χ2v) is 5.02. The van der Waals surface area contributed by atoms with Crippen LogP contribution in [0.4, 0.5) is 18.9 Å². The normalized spacial score (nSPS) is 18.6. The number of β-amino-alcohol motifs (C(OH)–C–C–N with tert-alkyl or cyclic N) is 1. The molecular weight excluding hydrogens is 285 g/mol. The number of rotatable bonds is 4. The quantitative estimate of drug-likeness (QED) is 0.919. The van der Waals surface area contributed by atoms with Gasteiger partial charge in [0, 0.05) is 32.7 Å². The van der Waals surface area contributed by atoms with Crippen LogP contribution < -0.4 is 9.64 Å². The molecule has 0 saturated carbocycles. The fourth-order valence-corrected chi connectivity index (χ4v) is 2.41. The SMILES string of the molecule is COc1ccccc1N1CCN(CC(O)C(F)(F)F)CC1. The number of piperazine rings is 1. The average Bonchev–Trinajstić information content (AvgIpc) is 2.47. The van der Waals surface area contributed by atoms with Gasteiger partial charge in [-0.2, -0.15) is 13.2 Å². The molecule has 1 aromatic rings. The van der Waals surface area contributed by atoms with Crippen LogP contribution in [0.1, 0.15) is 0 Å². The van der Waals surface area contributed by atoms with E-state index in [9.17, 15) is 13.2 Å². The fraction of sp³-hybridized carbons (Fsp3) is 0.571. The minimum atomic E-state index is -4.56.